The molecule has 2 rings (SSSR count). The molecule has 0 amide bonds. The molecule has 1 aliphatic carbocycles. The Labute approximate surface area is 92.9 Å². The summed E-state index contributed by atoms with van der Waals surface area (Å²) in [6, 6.07) is 0.262. The van der Waals surface area contributed by atoms with Crippen LogP contribution in [0.3, 0.4) is 0 Å². The van der Waals surface area contributed by atoms with Gasteiger partial charge in [-0.15, -0.1) is 0 Å². The predicted octanol–water partition coefficient (Wildman–Crippen LogP) is 2.63. The predicted molar refractivity (Wildman–Crippen MR) is 62.7 cm³/mol. The number of hydrogen-bond donors (Lipinski definition) is 1. The summed E-state index contributed by atoms with van der Waals surface area (Å²) in [6.45, 7) is 3.11. The minimum Gasteiger partial charge on any atom is -0.378 e. The lowest BCUT2D eigenvalue weighted by Crippen LogP contribution is -2.37. The van der Waals surface area contributed by atoms with Crippen molar-refractivity contribution in [1.82, 2.24) is 0 Å². The van der Waals surface area contributed by atoms with E-state index in [1.165, 1.54) is 31.3 Å². The quantitative estimate of drug-likeness (QED) is 0.725. The summed E-state index contributed by atoms with van der Waals surface area (Å²) in [5.41, 5.74) is 7.87. The Balaban J connectivity index is 1.99. The van der Waals surface area contributed by atoms with Crippen LogP contribution in [0.25, 0.3) is 0 Å². The summed E-state index contributed by atoms with van der Waals surface area (Å²) in [7, 11) is 0. The normalized spacial score (nSPS) is 33.9. The van der Waals surface area contributed by atoms with Gasteiger partial charge in [-0.25, -0.2) is 0 Å². The van der Waals surface area contributed by atoms with Crippen molar-refractivity contribution in [3.8, 4) is 0 Å². The number of hydrogen-bond acceptors (Lipinski definition) is 2. The van der Waals surface area contributed by atoms with Crippen molar-refractivity contribution >= 4 is 0 Å². The zero-order valence-electron chi connectivity index (χ0n) is 9.74. The maximum Gasteiger partial charge on any atom is 0.0619 e. The zero-order valence-corrected chi connectivity index (χ0v) is 9.74. The van der Waals surface area contributed by atoms with Crippen LogP contribution in [0.1, 0.15) is 45.4 Å². The molecule has 2 nitrogen and oxygen atoms in total. The standard InChI is InChI=1S/C13H23NO/c1-2-12-11(8-9-15-12)13(14)10-6-4-3-5-7-10/h6,11-13H,2-5,7-9,14H2,1H3. The van der Waals surface area contributed by atoms with Gasteiger partial charge in [-0.3, -0.25) is 0 Å². The topological polar surface area (TPSA) is 35.2 Å². The summed E-state index contributed by atoms with van der Waals surface area (Å²) < 4.78 is 5.72. The van der Waals surface area contributed by atoms with Gasteiger partial charge in [0.2, 0.25) is 0 Å². The van der Waals surface area contributed by atoms with Gasteiger partial charge < -0.3 is 10.5 Å². The first-order chi connectivity index (χ1) is 7.33. The molecule has 2 aliphatic rings. The molecule has 86 valence electrons. The van der Waals surface area contributed by atoms with Gasteiger partial charge in [-0.2, -0.15) is 0 Å². The average Bonchev–Trinajstić information content (AvgIpc) is 2.77. The summed E-state index contributed by atoms with van der Waals surface area (Å²) in [6.07, 6.45) is 10.1. The Morgan fingerprint density at radius 1 is 1.53 bits per heavy atom. The zero-order chi connectivity index (χ0) is 10.7. The summed E-state index contributed by atoms with van der Waals surface area (Å²) >= 11 is 0. The maximum atomic E-state index is 6.37. The van der Waals surface area contributed by atoms with Crippen LogP contribution in [0.4, 0.5) is 0 Å². The highest BCUT2D eigenvalue weighted by molar-refractivity contribution is 5.15. The average molecular weight is 209 g/mol. The number of rotatable bonds is 3. The van der Waals surface area contributed by atoms with Gasteiger partial charge in [0.15, 0.2) is 0 Å². The molecule has 1 saturated heterocycles. The van der Waals surface area contributed by atoms with E-state index < -0.39 is 0 Å². The van der Waals surface area contributed by atoms with Crippen LogP contribution >= 0.6 is 0 Å². The van der Waals surface area contributed by atoms with E-state index in [-0.39, 0.29) is 6.04 Å². The number of ether oxygens (including phenoxy) is 1. The number of nitrogens with two attached hydrogens (primary N) is 1. The Morgan fingerprint density at radius 3 is 3.07 bits per heavy atom. The molecule has 0 aromatic carbocycles. The van der Waals surface area contributed by atoms with Gasteiger partial charge in [0.1, 0.15) is 0 Å². The molecule has 15 heavy (non-hydrogen) atoms. The molecule has 2 N–H and O–H groups in total. The highest BCUT2D eigenvalue weighted by Gasteiger charge is 2.33. The fraction of sp³-hybridized carbons (Fsp3) is 0.846. The Hall–Kier alpha value is -0.340. The van der Waals surface area contributed by atoms with Crippen LogP contribution < -0.4 is 5.73 Å². The molecular formula is C13H23NO. The lowest BCUT2D eigenvalue weighted by Gasteiger charge is -2.27. The first-order valence-corrected chi connectivity index (χ1v) is 6.39. The SMILES string of the molecule is CCC1OCCC1C(N)C1=CCCCC1. The molecule has 0 aromatic rings. The van der Waals surface area contributed by atoms with E-state index >= 15 is 0 Å². The molecule has 0 bridgehead atoms. The first kappa shape index (κ1) is 11.2. The highest BCUT2D eigenvalue weighted by Crippen LogP contribution is 2.31. The molecule has 1 aliphatic heterocycles. The van der Waals surface area contributed by atoms with Gasteiger partial charge in [0, 0.05) is 18.6 Å². The highest BCUT2D eigenvalue weighted by atomic mass is 16.5. The molecule has 1 heterocycles. The minimum absolute atomic E-state index is 0.262. The van der Waals surface area contributed by atoms with Crippen molar-refractivity contribution < 1.29 is 4.74 Å². The van der Waals surface area contributed by atoms with E-state index in [0.717, 1.165) is 19.4 Å². The second-order valence-corrected chi connectivity index (χ2v) is 4.82. The van der Waals surface area contributed by atoms with Crippen LogP contribution in [-0.4, -0.2) is 18.8 Å². The van der Waals surface area contributed by atoms with E-state index in [1.807, 2.05) is 0 Å². The second kappa shape index (κ2) is 5.13. The molecular weight excluding hydrogens is 186 g/mol. The van der Waals surface area contributed by atoms with Gasteiger partial charge in [0.05, 0.1) is 6.10 Å². The largest absolute Gasteiger partial charge is 0.378 e. The molecule has 2 heteroatoms. The van der Waals surface area contributed by atoms with Crippen molar-refractivity contribution in [3.05, 3.63) is 11.6 Å². The minimum atomic E-state index is 0.262. The van der Waals surface area contributed by atoms with E-state index in [9.17, 15) is 0 Å². The molecule has 3 unspecified atom stereocenters. The van der Waals surface area contributed by atoms with Crippen LogP contribution in [0.2, 0.25) is 0 Å². The Morgan fingerprint density at radius 2 is 2.40 bits per heavy atom. The molecule has 0 radical (unpaired) electrons. The maximum absolute atomic E-state index is 6.37. The van der Waals surface area contributed by atoms with E-state index in [1.54, 1.807) is 0 Å². The monoisotopic (exact) mass is 209 g/mol. The van der Waals surface area contributed by atoms with Gasteiger partial charge in [-0.05, 0) is 38.5 Å². The molecule has 0 saturated carbocycles. The van der Waals surface area contributed by atoms with E-state index in [4.69, 9.17) is 10.5 Å². The summed E-state index contributed by atoms with van der Waals surface area (Å²) in [5.74, 6) is 0.569. The third-order valence-electron chi connectivity index (χ3n) is 3.88. The second-order valence-electron chi connectivity index (χ2n) is 4.82. The molecule has 0 spiro atoms. The van der Waals surface area contributed by atoms with Crippen molar-refractivity contribution in [2.24, 2.45) is 11.7 Å². The van der Waals surface area contributed by atoms with Crippen LogP contribution in [-0.2, 0) is 4.74 Å². The number of allylic oxidation sites excluding steroid dienone is 1. The molecule has 0 aromatic heterocycles. The Bertz CT molecular complexity index is 237. The smallest absolute Gasteiger partial charge is 0.0619 e. The van der Waals surface area contributed by atoms with Crippen molar-refractivity contribution in [3.63, 3.8) is 0 Å². The van der Waals surface area contributed by atoms with Crippen LogP contribution in [0.15, 0.2) is 11.6 Å². The van der Waals surface area contributed by atoms with Crippen LogP contribution in [0.5, 0.6) is 0 Å². The lowest BCUT2D eigenvalue weighted by molar-refractivity contribution is 0.0836. The fourth-order valence-electron chi connectivity index (χ4n) is 2.94. The van der Waals surface area contributed by atoms with Crippen molar-refractivity contribution in [2.45, 2.75) is 57.6 Å². The molecule has 1 fully saturated rings. The third kappa shape index (κ3) is 2.43. The fourth-order valence-corrected chi connectivity index (χ4v) is 2.94. The van der Waals surface area contributed by atoms with E-state index in [2.05, 4.69) is 13.0 Å². The summed E-state index contributed by atoms with van der Waals surface area (Å²) in [5, 5.41) is 0. The first-order valence-electron chi connectivity index (χ1n) is 6.39. The lowest BCUT2D eigenvalue weighted by atomic mass is 9.83. The van der Waals surface area contributed by atoms with Gasteiger partial charge in [0.25, 0.3) is 0 Å². The van der Waals surface area contributed by atoms with Crippen molar-refractivity contribution in [1.29, 1.82) is 0 Å². The Kier molecular flexibility index (Phi) is 3.81. The third-order valence-corrected chi connectivity index (χ3v) is 3.88. The molecule has 3 atom stereocenters. The van der Waals surface area contributed by atoms with E-state index in [0.29, 0.717) is 12.0 Å². The van der Waals surface area contributed by atoms with Crippen LogP contribution in [0, 0.1) is 5.92 Å². The van der Waals surface area contributed by atoms with Gasteiger partial charge >= 0.3 is 0 Å². The van der Waals surface area contributed by atoms with Gasteiger partial charge in [-0.1, -0.05) is 18.6 Å². The summed E-state index contributed by atoms with van der Waals surface area (Å²) in [4.78, 5) is 0. The van der Waals surface area contributed by atoms with Crippen molar-refractivity contribution in [2.75, 3.05) is 6.61 Å².